The molecule has 114 valence electrons. The Morgan fingerprint density at radius 1 is 0.773 bits per heavy atom. The highest BCUT2D eigenvalue weighted by Crippen LogP contribution is 2.31. The zero-order valence-corrected chi connectivity index (χ0v) is 13.4. The van der Waals surface area contributed by atoms with Crippen LogP contribution in [0.2, 0.25) is 0 Å². The van der Waals surface area contributed by atoms with E-state index in [4.69, 9.17) is 4.98 Å². The molecule has 1 aliphatic carbocycles. The Labute approximate surface area is 137 Å². The summed E-state index contributed by atoms with van der Waals surface area (Å²) in [4.78, 5) is 4.89. The summed E-state index contributed by atoms with van der Waals surface area (Å²) in [6.45, 7) is 0. The number of nitrogens with one attached hydrogen (secondary N) is 1. The lowest BCUT2D eigenvalue weighted by Crippen LogP contribution is -2.22. The van der Waals surface area contributed by atoms with Gasteiger partial charge in [0.1, 0.15) is 5.82 Å². The number of nitrogens with zero attached hydrogens (tertiary/aromatic N) is 1. The van der Waals surface area contributed by atoms with Crippen LogP contribution in [0.15, 0.2) is 48.5 Å². The van der Waals surface area contributed by atoms with Gasteiger partial charge in [-0.05, 0) is 24.3 Å². The molecule has 0 amide bonds. The van der Waals surface area contributed by atoms with Crippen molar-refractivity contribution in [2.75, 3.05) is 5.32 Å². The standard InChI is InChI=1S/C19H20N2.ClH/c1-2-8-14(9-3-1)20-19-17-12-5-4-10-15(17)16-11-6-7-13-18(16)21-19;/h4-7,10-14H,1-3,8-9H2,(H,20,21);1H. The van der Waals surface area contributed by atoms with Gasteiger partial charge in [0, 0.05) is 16.8 Å². The monoisotopic (exact) mass is 312 g/mol. The third-order valence-electron chi connectivity index (χ3n) is 4.55. The van der Waals surface area contributed by atoms with E-state index in [9.17, 15) is 0 Å². The van der Waals surface area contributed by atoms with Crippen molar-refractivity contribution >= 4 is 39.9 Å². The fourth-order valence-corrected chi connectivity index (χ4v) is 3.45. The molecule has 0 unspecified atom stereocenters. The molecule has 22 heavy (non-hydrogen) atoms. The molecule has 0 saturated heterocycles. The molecule has 0 aliphatic heterocycles. The van der Waals surface area contributed by atoms with E-state index in [0.29, 0.717) is 6.04 Å². The predicted octanol–water partition coefficient (Wildman–Crippen LogP) is 5.55. The van der Waals surface area contributed by atoms with Crippen molar-refractivity contribution < 1.29 is 0 Å². The van der Waals surface area contributed by atoms with E-state index in [0.717, 1.165) is 11.3 Å². The van der Waals surface area contributed by atoms with Crippen molar-refractivity contribution in [1.29, 1.82) is 0 Å². The summed E-state index contributed by atoms with van der Waals surface area (Å²) in [6.07, 6.45) is 6.59. The van der Waals surface area contributed by atoms with Crippen LogP contribution in [0, 0.1) is 0 Å². The predicted molar refractivity (Wildman–Crippen MR) is 97.0 cm³/mol. The molecule has 4 rings (SSSR count). The fraction of sp³-hybridized carbons (Fsp3) is 0.316. The maximum absolute atomic E-state index is 4.89. The maximum Gasteiger partial charge on any atom is 0.134 e. The molecule has 1 aliphatic rings. The normalized spacial score (nSPS) is 15.6. The highest BCUT2D eigenvalue weighted by Gasteiger charge is 2.15. The third-order valence-corrected chi connectivity index (χ3v) is 4.55. The van der Waals surface area contributed by atoms with Crippen molar-refractivity contribution in [3.8, 4) is 0 Å². The van der Waals surface area contributed by atoms with Crippen molar-refractivity contribution in [2.24, 2.45) is 0 Å². The molecule has 0 atom stereocenters. The molecule has 0 spiro atoms. The SMILES string of the molecule is Cl.c1ccc2c(c1)nc(NC1CCCCC1)c1ccccc12. The number of rotatable bonds is 2. The molecular weight excluding hydrogens is 292 g/mol. The van der Waals surface area contributed by atoms with Gasteiger partial charge in [0.15, 0.2) is 0 Å². The molecule has 1 fully saturated rings. The minimum Gasteiger partial charge on any atom is -0.367 e. The van der Waals surface area contributed by atoms with Crippen LogP contribution in [-0.2, 0) is 0 Å². The van der Waals surface area contributed by atoms with E-state index < -0.39 is 0 Å². The van der Waals surface area contributed by atoms with Crippen LogP contribution in [-0.4, -0.2) is 11.0 Å². The Morgan fingerprint density at radius 3 is 2.18 bits per heavy atom. The number of hydrogen-bond acceptors (Lipinski definition) is 2. The molecule has 1 saturated carbocycles. The van der Waals surface area contributed by atoms with Gasteiger partial charge in [0.25, 0.3) is 0 Å². The summed E-state index contributed by atoms with van der Waals surface area (Å²) in [7, 11) is 0. The molecule has 3 aromatic rings. The first-order valence-electron chi connectivity index (χ1n) is 7.96. The summed E-state index contributed by atoms with van der Waals surface area (Å²) in [6, 6.07) is 17.6. The van der Waals surface area contributed by atoms with Gasteiger partial charge in [-0.15, -0.1) is 12.4 Å². The lowest BCUT2D eigenvalue weighted by Gasteiger charge is -2.24. The van der Waals surface area contributed by atoms with E-state index in [-0.39, 0.29) is 12.4 Å². The van der Waals surface area contributed by atoms with E-state index in [1.165, 1.54) is 48.3 Å². The van der Waals surface area contributed by atoms with Gasteiger partial charge in [-0.25, -0.2) is 4.98 Å². The Morgan fingerprint density at radius 2 is 1.41 bits per heavy atom. The first kappa shape index (κ1) is 15.1. The van der Waals surface area contributed by atoms with E-state index in [1.54, 1.807) is 0 Å². The van der Waals surface area contributed by atoms with Crippen LogP contribution >= 0.6 is 12.4 Å². The molecule has 1 N–H and O–H groups in total. The number of halogens is 1. The summed E-state index contributed by atoms with van der Waals surface area (Å²) in [5, 5.41) is 7.47. The van der Waals surface area contributed by atoms with Crippen LogP contribution in [0.4, 0.5) is 5.82 Å². The van der Waals surface area contributed by atoms with Gasteiger partial charge in [0.2, 0.25) is 0 Å². The molecule has 0 radical (unpaired) electrons. The van der Waals surface area contributed by atoms with E-state index in [2.05, 4.69) is 53.8 Å². The maximum atomic E-state index is 4.89. The van der Waals surface area contributed by atoms with Crippen molar-refractivity contribution in [1.82, 2.24) is 4.98 Å². The summed E-state index contributed by atoms with van der Waals surface area (Å²) >= 11 is 0. The van der Waals surface area contributed by atoms with Crippen LogP contribution in [0.3, 0.4) is 0 Å². The Bertz CT molecular complexity index is 779. The van der Waals surface area contributed by atoms with Crippen molar-refractivity contribution in [3.05, 3.63) is 48.5 Å². The molecule has 2 aromatic carbocycles. The Balaban J connectivity index is 0.00000144. The molecule has 2 nitrogen and oxygen atoms in total. The first-order chi connectivity index (χ1) is 10.4. The van der Waals surface area contributed by atoms with Crippen LogP contribution in [0.5, 0.6) is 0 Å². The van der Waals surface area contributed by atoms with Crippen LogP contribution in [0.25, 0.3) is 21.7 Å². The lowest BCUT2D eigenvalue weighted by atomic mass is 9.95. The van der Waals surface area contributed by atoms with Gasteiger partial charge in [-0.3, -0.25) is 0 Å². The fourth-order valence-electron chi connectivity index (χ4n) is 3.45. The highest BCUT2D eigenvalue weighted by atomic mass is 35.5. The number of benzene rings is 2. The summed E-state index contributed by atoms with van der Waals surface area (Å²) in [5.41, 5.74) is 1.08. The molecule has 3 heteroatoms. The van der Waals surface area contributed by atoms with Crippen molar-refractivity contribution in [2.45, 2.75) is 38.1 Å². The number of anilines is 1. The van der Waals surface area contributed by atoms with Gasteiger partial charge in [0.05, 0.1) is 5.52 Å². The number of fused-ring (bicyclic) bond motifs is 3. The number of pyridine rings is 1. The Hall–Kier alpha value is -1.80. The van der Waals surface area contributed by atoms with Gasteiger partial charge in [-0.2, -0.15) is 0 Å². The Kier molecular flexibility index (Phi) is 4.49. The van der Waals surface area contributed by atoms with Gasteiger partial charge >= 0.3 is 0 Å². The van der Waals surface area contributed by atoms with E-state index >= 15 is 0 Å². The second-order valence-electron chi connectivity index (χ2n) is 6.00. The minimum absolute atomic E-state index is 0. The summed E-state index contributed by atoms with van der Waals surface area (Å²) in [5.74, 6) is 1.05. The first-order valence-corrected chi connectivity index (χ1v) is 7.96. The zero-order chi connectivity index (χ0) is 14.1. The third kappa shape index (κ3) is 2.76. The van der Waals surface area contributed by atoms with Crippen molar-refractivity contribution in [3.63, 3.8) is 0 Å². The highest BCUT2D eigenvalue weighted by molar-refractivity contribution is 6.09. The molecule has 0 bridgehead atoms. The average molecular weight is 313 g/mol. The topological polar surface area (TPSA) is 24.9 Å². The summed E-state index contributed by atoms with van der Waals surface area (Å²) < 4.78 is 0. The largest absolute Gasteiger partial charge is 0.367 e. The second kappa shape index (κ2) is 6.53. The van der Waals surface area contributed by atoms with Crippen LogP contribution in [0.1, 0.15) is 32.1 Å². The smallest absolute Gasteiger partial charge is 0.134 e. The molecule has 1 heterocycles. The zero-order valence-electron chi connectivity index (χ0n) is 12.6. The van der Waals surface area contributed by atoms with E-state index in [1.807, 2.05) is 0 Å². The minimum atomic E-state index is 0. The average Bonchev–Trinajstić information content (AvgIpc) is 2.56. The molecule has 1 aromatic heterocycles. The number of aromatic nitrogens is 1. The van der Waals surface area contributed by atoms with Crippen LogP contribution < -0.4 is 5.32 Å². The number of hydrogen-bond donors (Lipinski definition) is 1. The quantitative estimate of drug-likeness (QED) is 0.627. The second-order valence-corrected chi connectivity index (χ2v) is 6.00. The lowest BCUT2D eigenvalue weighted by molar-refractivity contribution is 0.462. The van der Waals surface area contributed by atoms with Gasteiger partial charge < -0.3 is 5.32 Å². The van der Waals surface area contributed by atoms with Gasteiger partial charge in [-0.1, -0.05) is 61.7 Å². The number of para-hydroxylation sites is 1. The molecular formula is C19H21ClN2.